The van der Waals surface area contributed by atoms with Crippen LogP contribution in [0, 0.1) is 24.7 Å². The zero-order valence-corrected chi connectivity index (χ0v) is 18.0. The third kappa shape index (κ3) is 6.80. The lowest BCUT2D eigenvalue weighted by Gasteiger charge is -2.24. The van der Waals surface area contributed by atoms with Crippen molar-refractivity contribution in [3.63, 3.8) is 0 Å². The first-order valence-electron chi connectivity index (χ1n) is 9.51. The first-order chi connectivity index (χ1) is 12.4. The van der Waals surface area contributed by atoms with Crippen LogP contribution in [0.5, 0.6) is 0 Å². The molecule has 0 heterocycles. The highest BCUT2D eigenvalue weighted by Crippen LogP contribution is 2.25. The number of ketones is 1. The van der Waals surface area contributed by atoms with Crippen LogP contribution in [0.3, 0.4) is 0 Å². The van der Waals surface area contributed by atoms with Crippen molar-refractivity contribution in [1.82, 2.24) is 0 Å². The Kier molecular flexibility index (Phi) is 7.74. The van der Waals surface area contributed by atoms with E-state index >= 15 is 0 Å². The van der Waals surface area contributed by atoms with E-state index in [0.29, 0.717) is 0 Å². The molecule has 0 radical (unpaired) electrons. The maximum absolute atomic E-state index is 12.8. The van der Waals surface area contributed by atoms with Gasteiger partial charge < -0.3 is 4.74 Å². The van der Waals surface area contributed by atoms with Gasteiger partial charge in [-0.1, -0.05) is 66.2 Å². The number of nitrogens with zero attached hydrogens (tertiary/aromatic N) is 1. The highest BCUT2D eigenvalue weighted by atomic mass is 16.5. The maximum Gasteiger partial charge on any atom is 0.351 e. The lowest BCUT2D eigenvalue weighted by molar-refractivity contribution is -0.144. The summed E-state index contributed by atoms with van der Waals surface area (Å²) in [4.78, 5) is 29.8. The number of esters is 1. The smallest absolute Gasteiger partial charge is 0.351 e. The summed E-state index contributed by atoms with van der Waals surface area (Å²) in [6, 6.07) is 5.81. The number of hydrogen-bond donors (Lipinski definition) is 0. The molecule has 0 aromatic heterocycles. The lowest BCUT2D eigenvalue weighted by atomic mass is 9.86. The molecule has 0 amide bonds. The normalized spacial score (nSPS) is 11.6. The van der Waals surface area contributed by atoms with Crippen molar-refractivity contribution in [2.75, 3.05) is 6.61 Å². The SMILES string of the molecule is CCCC(C)(C)COC(=O)C(=C=Nc1c(C)cccc1C)C(=O)C(C)(C)C. The Bertz CT molecular complexity index is 740. The molecular weight excluding hydrogens is 338 g/mol. The van der Waals surface area contributed by atoms with Crippen molar-refractivity contribution in [2.45, 2.75) is 68.2 Å². The van der Waals surface area contributed by atoms with Crippen LogP contribution in [0.15, 0.2) is 28.8 Å². The molecule has 4 nitrogen and oxygen atoms in total. The second-order valence-corrected chi connectivity index (χ2v) is 8.91. The molecule has 0 aliphatic heterocycles. The summed E-state index contributed by atoms with van der Waals surface area (Å²) in [5, 5.41) is 0. The molecule has 0 saturated carbocycles. The molecule has 4 heteroatoms. The second-order valence-electron chi connectivity index (χ2n) is 8.91. The van der Waals surface area contributed by atoms with E-state index in [0.717, 1.165) is 29.7 Å². The number of Topliss-reactive ketones (excluding diaryl/α,β-unsaturated/α-hetero) is 1. The molecule has 1 aromatic rings. The first-order valence-corrected chi connectivity index (χ1v) is 9.51. The van der Waals surface area contributed by atoms with Gasteiger partial charge in [-0.25, -0.2) is 9.79 Å². The Morgan fingerprint density at radius 1 is 1.07 bits per heavy atom. The van der Waals surface area contributed by atoms with Gasteiger partial charge in [0, 0.05) is 11.3 Å². The first kappa shape index (κ1) is 22.9. The average molecular weight is 372 g/mol. The molecule has 0 fully saturated rings. The Labute approximate surface area is 163 Å². The molecule has 1 rings (SSSR count). The van der Waals surface area contributed by atoms with E-state index < -0.39 is 11.4 Å². The Morgan fingerprint density at radius 3 is 2.11 bits per heavy atom. The Morgan fingerprint density at radius 2 is 1.63 bits per heavy atom. The van der Waals surface area contributed by atoms with Gasteiger partial charge in [0.2, 0.25) is 0 Å². The van der Waals surface area contributed by atoms with Gasteiger partial charge >= 0.3 is 5.97 Å². The van der Waals surface area contributed by atoms with Gasteiger partial charge in [-0.3, -0.25) is 4.79 Å². The molecule has 148 valence electrons. The van der Waals surface area contributed by atoms with E-state index in [1.807, 2.05) is 45.9 Å². The predicted octanol–water partition coefficient (Wildman–Crippen LogP) is 5.52. The average Bonchev–Trinajstić information content (AvgIpc) is 2.54. The van der Waals surface area contributed by atoms with Crippen LogP contribution in [-0.2, 0) is 14.3 Å². The molecular formula is C23H33NO3. The summed E-state index contributed by atoms with van der Waals surface area (Å²) >= 11 is 0. The molecule has 27 heavy (non-hydrogen) atoms. The number of rotatable bonds is 7. The number of aliphatic imine (C=N–C) groups is 1. The molecule has 0 unspecified atom stereocenters. The Balaban J connectivity index is 3.27. The molecule has 0 N–H and O–H groups in total. The predicted molar refractivity (Wildman–Crippen MR) is 111 cm³/mol. The van der Waals surface area contributed by atoms with Crippen molar-refractivity contribution < 1.29 is 14.3 Å². The fourth-order valence-corrected chi connectivity index (χ4v) is 2.74. The largest absolute Gasteiger partial charge is 0.461 e. The van der Waals surface area contributed by atoms with Gasteiger partial charge in [0.25, 0.3) is 0 Å². The van der Waals surface area contributed by atoms with Crippen molar-refractivity contribution in [3.8, 4) is 0 Å². The zero-order chi connectivity index (χ0) is 20.8. The molecule has 0 aliphatic rings. The maximum atomic E-state index is 12.8. The number of carbonyl (C=O) groups is 2. The minimum Gasteiger partial charge on any atom is -0.461 e. The van der Waals surface area contributed by atoms with Crippen LogP contribution in [-0.4, -0.2) is 24.2 Å². The summed E-state index contributed by atoms with van der Waals surface area (Å²) in [7, 11) is 0. The number of hydrogen-bond acceptors (Lipinski definition) is 4. The van der Waals surface area contributed by atoms with E-state index in [9.17, 15) is 9.59 Å². The van der Waals surface area contributed by atoms with Crippen LogP contribution in [0.4, 0.5) is 5.69 Å². The molecule has 0 saturated heterocycles. The quantitative estimate of drug-likeness (QED) is 0.209. The summed E-state index contributed by atoms with van der Waals surface area (Å²) in [5.41, 5.74) is 1.65. The highest BCUT2D eigenvalue weighted by molar-refractivity contribution is 6.25. The number of aryl methyl sites for hydroxylation is 2. The fourth-order valence-electron chi connectivity index (χ4n) is 2.74. The van der Waals surface area contributed by atoms with Crippen LogP contribution >= 0.6 is 0 Å². The summed E-state index contributed by atoms with van der Waals surface area (Å²) in [5.74, 6) is 1.73. The van der Waals surface area contributed by atoms with E-state index in [1.54, 1.807) is 20.8 Å². The molecule has 1 aromatic carbocycles. The van der Waals surface area contributed by atoms with E-state index in [1.165, 1.54) is 0 Å². The highest BCUT2D eigenvalue weighted by Gasteiger charge is 2.31. The van der Waals surface area contributed by atoms with Crippen LogP contribution in [0.25, 0.3) is 0 Å². The number of para-hydroxylation sites is 1. The van der Waals surface area contributed by atoms with Gasteiger partial charge in [-0.15, -0.1) is 0 Å². The van der Waals surface area contributed by atoms with Gasteiger partial charge in [0.15, 0.2) is 11.4 Å². The minimum atomic E-state index is -0.726. The Hall–Kier alpha value is -2.19. The monoisotopic (exact) mass is 371 g/mol. The fraction of sp³-hybridized carbons (Fsp3) is 0.565. The van der Waals surface area contributed by atoms with Crippen molar-refractivity contribution in [2.24, 2.45) is 15.8 Å². The van der Waals surface area contributed by atoms with E-state index in [-0.39, 0.29) is 23.4 Å². The molecule has 0 aliphatic carbocycles. The van der Waals surface area contributed by atoms with Crippen molar-refractivity contribution in [1.29, 1.82) is 0 Å². The number of carbonyl (C=O) groups excluding carboxylic acids is 2. The van der Waals surface area contributed by atoms with Crippen LogP contribution in [0.2, 0.25) is 0 Å². The lowest BCUT2D eigenvalue weighted by Crippen LogP contribution is -2.30. The van der Waals surface area contributed by atoms with Gasteiger partial charge in [-0.05, 0) is 36.8 Å². The second kappa shape index (κ2) is 9.14. The van der Waals surface area contributed by atoms with Crippen LogP contribution in [0.1, 0.15) is 65.5 Å². The minimum absolute atomic E-state index is 0.127. The third-order valence-electron chi connectivity index (χ3n) is 4.35. The van der Waals surface area contributed by atoms with Crippen molar-refractivity contribution in [3.05, 3.63) is 34.9 Å². The summed E-state index contributed by atoms with van der Waals surface area (Å²) in [6.45, 7) is 15.6. The topological polar surface area (TPSA) is 55.7 Å². The third-order valence-corrected chi connectivity index (χ3v) is 4.35. The summed E-state index contributed by atoms with van der Waals surface area (Å²) < 4.78 is 5.47. The standard InChI is InChI=1S/C23H33NO3/c1-9-13-23(7,8)15-27-21(26)18(20(25)22(4,5)6)14-24-19-16(2)11-10-12-17(19)3/h10-12H,9,13,15H2,1-8H3. The van der Waals surface area contributed by atoms with E-state index in [2.05, 4.69) is 17.8 Å². The van der Waals surface area contributed by atoms with Gasteiger partial charge in [-0.2, -0.15) is 0 Å². The molecule has 0 spiro atoms. The van der Waals surface area contributed by atoms with E-state index in [4.69, 9.17) is 4.74 Å². The molecule has 0 bridgehead atoms. The van der Waals surface area contributed by atoms with Crippen LogP contribution < -0.4 is 0 Å². The molecule has 0 atom stereocenters. The number of benzene rings is 1. The van der Waals surface area contributed by atoms with Gasteiger partial charge in [0.05, 0.1) is 12.3 Å². The zero-order valence-electron chi connectivity index (χ0n) is 18.0. The summed E-state index contributed by atoms with van der Waals surface area (Å²) in [6.07, 6.45) is 1.94. The number of ether oxygens (including phenoxy) is 1. The van der Waals surface area contributed by atoms with Crippen molar-refractivity contribution >= 4 is 23.3 Å². The van der Waals surface area contributed by atoms with Gasteiger partial charge in [0.1, 0.15) is 0 Å².